The van der Waals surface area contributed by atoms with Gasteiger partial charge in [0.15, 0.2) is 5.78 Å². The van der Waals surface area contributed by atoms with Gasteiger partial charge < -0.3 is 15.4 Å². The van der Waals surface area contributed by atoms with Crippen LogP contribution in [-0.4, -0.2) is 31.3 Å². The highest BCUT2D eigenvalue weighted by Gasteiger charge is 2.63. The zero-order valence-electron chi connectivity index (χ0n) is 19.2. The van der Waals surface area contributed by atoms with Crippen molar-refractivity contribution in [2.24, 2.45) is 5.73 Å². The van der Waals surface area contributed by atoms with Gasteiger partial charge in [-0.3, -0.25) is 14.5 Å². The van der Waals surface area contributed by atoms with Crippen molar-refractivity contribution in [1.29, 1.82) is 0 Å². The molecule has 1 aliphatic carbocycles. The molecule has 2 aromatic carbocycles. The minimum Gasteiger partial charge on any atom is -0.462 e. The average molecular weight is 557 g/mol. The van der Waals surface area contributed by atoms with Crippen LogP contribution in [0.1, 0.15) is 31.7 Å². The molecule has 1 amide bonds. The molecule has 7 nitrogen and oxygen atoms in total. The van der Waals surface area contributed by atoms with Crippen LogP contribution < -0.4 is 15.5 Å². The Morgan fingerprint density at radius 2 is 1.91 bits per heavy atom. The number of benzene rings is 2. The Morgan fingerprint density at radius 1 is 1.17 bits per heavy atom. The number of hydrogen-bond acceptors (Lipinski definition) is 6. The van der Waals surface area contributed by atoms with Gasteiger partial charge in [0, 0.05) is 40.5 Å². The van der Waals surface area contributed by atoms with E-state index in [4.69, 9.17) is 22.1 Å². The minimum atomic E-state index is -1.69. The summed E-state index contributed by atoms with van der Waals surface area (Å²) in [6, 6.07) is 12.5. The van der Waals surface area contributed by atoms with Crippen LogP contribution in [0.4, 0.5) is 11.4 Å². The van der Waals surface area contributed by atoms with Crippen molar-refractivity contribution < 1.29 is 19.1 Å². The summed E-state index contributed by atoms with van der Waals surface area (Å²) in [7, 11) is 1.64. The topological polar surface area (TPSA) is 92.9 Å². The quantitative estimate of drug-likeness (QED) is 0.557. The Bertz CT molecular complexity index is 1370. The van der Waals surface area contributed by atoms with Gasteiger partial charge in [0.05, 0.1) is 17.3 Å². The molecule has 0 radical (unpaired) electrons. The van der Waals surface area contributed by atoms with Crippen molar-refractivity contribution in [3.8, 4) is 0 Å². The number of amides is 1. The summed E-state index contributed by atoms with van der Waals surface area (Å²) < 4.78 is 6.20. The lowest BCUT2D eigenvalue weighted by Gasteiger charge is -2.44. The summed E-state index contributed by atoms with van der Waals surface area (Å²) in [5, 5.41) is 0.377. The van der Waals surface area contributed by atoms with E-state index in [2.05, 4.69) is 15.9 Å². The number of nitrogens with zero attached hydrogens (tertiary/aromatic N) is 2. The molecule has 1 unspecified atom stereocenters. The highest BCUT2D eigenvalue weighted by Crippen LogP contribution is 2.57. The molecule has 9 heteroatoms. The fraction of sp³-hybridized carbons (Fsp3) is 0.269. The number of allylic oxidation sites excluding steroid dienone is 1. The van der Waals surface area contributed by atoms with Crippen molar-refractivity contribution in [3.63, 3.8) is 0 Å². The molecular weight excluding hydrogens is 534 g/mol. The number of halogens is 2. The predicted octanol–water partition coefficient (Wildman–Crippen LogP) is 4.58. The number of fused-ring (bicyclic) bond motifs is 3. The third kappa shape index (κ3) is 3.19. The van der Waals surface area contributed by atoms with Crippen LogP contribution in [-0.2, 0) is 24.5 Å². The molecule has 0 saturated heterocycles. The van der Waals surface area contributed by atoms with Crippen LogP contribution in [0.2, 0.25) is 5.02 Å². The van der Waals surface area contributed by atoms with Crippen LogP contribution in [0.3, 0.4) is 0 Å². The van der Waals surface area contributed by atoms with Crippen molar-refractivity contribution in [2.75, 3.05) is 23.5 Å². The predicted molar refractivity (Wildman–Crippen MR) is 137 cm³/mol. The van der Waals surface area contributed by atoms with E-state index in [1.165, 1.54) is 4.90 Å². The first-order valence-electron chi connectivity index (χ1n) is 11.3. The van der Waals surface area contributed by atoms with E-state index in [1.54, 1.807) is 55.3 Å². The molecule has 1 atom stereocenters. The molecule has 35 heavy (non-hydrogen) atoms. The second kappa shape index (κ2) is 8.53. The van der Waals surface area contributed by atoms with E-state index < -0.39 is 17.3 Å². The smallest absolute Gasteiger partial charge is 0.339 e. The zero-order chi connectivity index (χ0) is 25.1. The summed E-state index contributed by atoms with van der Waals surface area (Å²) in [6.07, 6.45) is 1.34. The van der Waals surface area contributed by atoms with E-state index in [0.717, 1.165) is 4.47 Å². The summed E-state index contributed by atoms with van der Waals surface area (Å²) in [5.74, 6) is -1.32. The molecule has 1 spiro atoms. The second-order valence-corrected chi connectivity index (χ2v) is 9.96. The fourth-order valence-electron chi connectivity index (χ4n) is 5.49. The Labute approximate surface area is 216 Å². The number of ketones is 1. The third-order valence-electron chi connectivity index (χ3n) is 6.83. The largest absolute Gasteiger partial charge is 0.462 e. The summed E-state index contributed by atoms with van der Waals surface area (Å²) >= 11 is 10.0. The lowest BCUT2D eigenvalue weighted by atomic mass is 9.63. The molecule has 0 bridgehead atoms. The van der Waals surface area contributed by atoms with Gasteiger partial charge >= 0.3 is 5.97 Å². The standard InChI is InChI=1S/C26H23BrClN3O4/c1-3-35-24(33)22-23(29)31(18-12-11-14(27)13-16(18)28)19-9-6-10-20(32)21(19)26(22)15-7-4-5-8-17(15)30(2)25(26)34/h4-5,7-8,11-13H,3,6,9-10,29H2,1-2H3. The van der Waals surface area contributed by atoms with E-state index in [0.29, 0.717) is 40.5 Å². The van der Waals surface area contributed by atoms with Gasteiger partial charge in [0.1, 0.15) is 16.8 Å². The number of nitrogens with two attached hydrogens (primary N) is 1. The number of anilines is 2. The Hall–Kier alpha value is -3.10. The van der Waals surface area contributed by atoms with Crippen molar-refractivity contribution >= 4 is 56.6 Å². The molecule has 0 fully saturated rings. The summed E-state index contributed by atoms with van der Waals surface area (Å²) in [6.45, 7) is 1.76. The van der Waals surface area contributed by atoms with Gasteiger partial charge in [-0.15, -0.1) is 0 Å². The Morgan fingerprint density at radius 3 is 2.63 bits per heavy atom. The highest BCUT2D eigenvalue weighted by molar-refractivity contribution is 9.10. The van der Waals surface area contributed by atoms with E-state index >= 15 is 0 Å². The monoisotopic (exact) mass is 555 g/mol. The summed E-state index contributed by atoms with van der Waals surface area (Å²) in [5.41, 5.74) is 7.55. The number of ether oxygens (including phenoxy) is 1. The number of para-hydroxylation sites is 1. The van der Waals surface area contributed by atoms with E-state index in [1.807, 2.05) is 6.07 Å². The van der Waals surface area contributed by atoms with Crippen molar-refractivity contribution in [3.05, 3.63) is 80.2 Å². The summed E-state index contributed by atoms with van der Waals surface area (Å²) in [4.78, 5) is 44.6. The van der Waals surface area contributed by atoms with Crippen LogP contribution in [0.5, 0.6) is 0 Å². The number of carbonyl (C=O) groups excluding carboxylic acids is 3. The molecule has 2 aliphatic heterocycles. The van der Waals surface area contributed by atoms with Crippen LogP contribution in [0.25, 0.3) is 0 Å². The number of hydrogen-bond donors (Lipinski definition) is 1. The van der Waals surface area contributed by atoms with Crippen LogP contribution in [0.15, 0.2) is 69.6 Å². The number of carbonyl (C=O) groups is 3. The molecule has 0 aromatic heterocycles. The fourth-order valence-corrected chi connectivity index (χ4v) is 6.25. The maximum absolute atomic E-state index is 14.2. The zero-order valence-corrected chi connectivity index (χ0v) is 21.6. The van der Waals surface area contributed by atoms with Gasteiger partial charge in [0.2, 0.25) is 5.91 Å². The van der Waals surface area contributed by atoms with Gasteiger partial charge in [-0.05, 0) is 44.0 Å². The number of likely N-dealkylation sites (N-methyl/N-ethyl adjacent to an activating group) is 1. The van der Waals surface area contributed by atoms with Gasteiger partial charge in [-0.1, -0.05) is 45.7 Å². The minimum absolute atomic E-state index is 0.0274. The number of rotatable bonds is 3. The van der Waals surface area contributed by atoms with Gasteiger partial charge in [-0.25, -0.2) is 4.79 Å². The highest BCUT2D eigenvalue weighted by atomic mass is 79.9. The average Bonchev–Trinajstić information content (AvgIpc) is 3.03. The molecule has 0 saturated carbocycles. The maximum atomic E-state index is 14.2. The Balaban J connectivity index is 1.92. The lowest BCUT2D eigenvalue weighted by Crippen LogP contribution is -2.54. The normalized spacial score (nSPS) is 21.6. The first-order chi connectivity index (χ1) is 16.7. The van der Waals surface area contributed by atoms with Gasteiger partial charge in [-0.2, -0.15) is 0 Å². The number of Topliss-reactive ketones (excluding diaryl/α,β-unsaturated/α-hetero) is 1. The van der Waals surface area contributed by atoms with E-state index in [9.17, 15) is 14.4 Å². The third-order valence-corrected chi connectivity index (χ3v) is 7.62. The van der Waals surface area contributed by atoms with E-state index in [-0.39, 0.29) is 35.8 Å². The first-order valence-corrected chi connectivity index (χ1v) is 12.5. The van der Waals surface area contributed by atoms with Crippen LogP contribution in [0, 0.1) is 0 Å². The Kier molecular flexibility index (Phi) is 5.76. The molecule has 5 rings (SSSR count). The maximum Gasteiger partial charge on any atom is 0.339 e. The van der Waals surface area contributed by atoms with Crippen LogP contribution >= 0.6 is 27.5 Å². The molecule has 3 aliphatic rings. The molecule has 2 N–H and O–H groups in total. The van der Waals surface area contributed by atoms with Crippen molar-refractivity contribution in [1.82, 2.24) is 0 Å². The van der Waals surface area contributed by atoms with Gasteiger partial charge in [0.25, 0.3) is 0 Å². The molecule has 2 heterocycles. The SMILES string of the molecule is CCOC(=O)C1=C(N)N(c2ccc(Br)cc2Cl)C2=C(C(=O)CCC2)C12C(=O)N(C)c1ccccc12. The first kappa shape index (κ1) is 23.6. The second-order valence-electron chi connectivity index (χ2n) is 8.64. The van der Waals surface area contributed by atoms with Crippen molar-refractivity contribution in [2.45, 2.75) is 31.6 Å². The number of esters is 1. The molecule has 2 aromatic rings. The molecular formula is C26H23BrClN3O4. The lowest BCUT2D eigenvalue weighted by molar-refractivity contribution is -0.140. The molecule has 180 valence electrons.